The molecule has 0 bridgehead atoms. The predicted octanol–water partition coefficient (Wildman–Crippen LogP) is 2.99. The zero-order chi connectivity index (χ0) is 10.7. The van der Waals surface area contributed by atoms with E-state index in [-0.39, 0.29) is 6.61 Å². The number of aliphatic hydroxyl groups excluding tert-OH is 1. The van der Waals surface area contributed by atoms with Crippen LogP contribution in [0.15, 0.2) is 29.2 Å². The highest BCUT2D eigenvalue weighted by Gasteiger charge is 2.22. The maximum atomic E-state index is 8.98. The molecule has 2 rings (SSSR count). The fourth-order valence-electron chi connectivity index (χ4n) is 1.70. The van der Waals surface area contributed by atoms with Crippen LogP contribution in [0.2, 0.25) is 0 Å². The number of thioether (sulfide) groups is 2. The molecule has 0 radical (unpaired) electrons. The molecule has 1 N–H and O–H groups in total. The minimum atomic E-state index is 0.284. The van der Waals surface area contributed by atoms with Gasteiger partial charge >= 0.3 is 0 Å². The molecule has 2 unspecified atom stereocenters. The van der Waals surface area contributed by atoms with Crippen LogP contribution in [0.5, 0.6) is 0 Å². The summed E-state index contributed by atoms with van der Waals surface area (Å²) in [5.74, 6) is 3.00. The summed E-state index contributed by atoms with van der Waals surface area (Å²) < 4.78 is 0. The molecule has 0 aliphatic carbocycles. The normalized spacial score (nSPS) is 21.3. The summed E-state index contributed by atoms with van der Waals surface area (Å²) in [7, 11) is 0. The fraction of sp³-hybridized carbons (Fsp3) is 0.500. The minimum Gasteiger partial charge on any atom is -0.395 e. The lowest BCUT2D eigenvalue weighted by molar-refractivity contribution is 0.300. The molecule has 82 valence electrons. The highest BCUT2D eigenvalue weighted by atomic mass is 32.2. The Kier molecular flexibility index (Phi) is 4.00. The number of rotatable bonds is 4. The van der Waals surface area contributed by atoms with Crippen LogP contribution in [0.4, 0.5) is 0 Å². The molecule has 3 heteroatoms. The van der Waals surface area contributed by atoms with E-state index in [2.05, 4.69) is 31.2 Å². The second-order valence-corrected chi connectivity index (χ2v) is 6.41. The van der Waals surface area contributed by atoms with Crippen LogP contribution in [-0.2, 0) is 0 Å². The Balaban J connectivity index is 1.96. The molecule has 1 nitrogen and oxygen atoms in total. The molecule has 1 heterocycles. The Morgan fingerprint density at radius 3 is 3.13 bits per heavy atom. The van der Waals surface area contributed by atoms with Crippen molar-refractivity contribution < 1.29 is 5.11 Å². The highest BCUT2D eigenvalue weighted by Crippen LogP contribution is 2.41. The van der Waals surface area contributed by atoms with Gasteiger partial charge in [-0.3, -0.25) is 0 Å². The van der Waals surface area contributed by atoms with Gasteiger partial charge in [0.1, 0.15) is 0 Å². The van der Waals surface area contributed by atoms with Gasteiger partial charge in [-0.2, -0.15) is 11.8 Å². The number of hydrogen-bond acceptors (Lipinski definition) is 3. The third-order valence-electron chi connectivity index (χ3n) is 2.64. The van der Waals surface area contributed by atoms with Crippen molar-refractivity contribution in [3.05, 3.63) is 29.8 Å². The Labute approximate surface area is 99.7 Å². The molecular formula is C12H16OS2. The Bertz CT molecular complexity index is 327. The molecule has 2 atom stereocenters. The van der Waals surface area contributed by atoms with Gasteiger partial charge in [-0.25, -0.2) is 0 Å². The summed E-state index contributed by atoms with van der Waals surface area (Å²) in [6.07, 6.45) is 0. The first-order valence-electron chi connectivity index (χ1n) is 5.25. The average molecular weight is 240 g/mol. The van der Waals surface area contributed by atoms with E-state index in [1.165, 1.54) is 16.2 Å². The first kappa shape index (κ1) is 11.4. The molecule has 15 heavy (non-hydrogen) atoms. The van der Waals surface area contributed by atoms with E-state index in [4.69, 9.17) is 5.11 Å². The van der Waals surface area contributed by atoms with Crippen molar-refractivity contribution in [2.75, 3.05) is 18.1 Å². The van der Waals surface area contributed by atoms with Crippen molar-refractivity contribution in [1.82, 2.24) is 0 Å². The van der Waals surface area contributed by atoms with Gasteiger partial charge in [-0.05, 0) is 11.6 Å². The van der Waals surface area contributed by atoms with Crippen molar-refractivity contribution in [3.8, 4) is 0 Å². The Morgan fingerprint density at radius 2 is 2.33 bits per heavy atom. The summed E-state index contributed by atoms with van der Waals surface area (Å²) >= 11 is 3.83. The lowest BCUT2D eigenvalue weighted by atomic mass is 10.0. The zero-order valence-corrected chi connectivity index (χ0v) is 10.5. The van der Waals surface area contributed by atoms with Crippen molar-refractivity contribution in [3.63, 3.8) is 0 Å². The molecule has 0 saturated heterocycles. The summed E-state index contributed by atoms with van der Waals surface area (Å²) in [6.45, 7) is 2.37. The summed E-state index contributed by atoms with van der Waals surface area (Å²) in [4.78, 5) is 1.44. The monoisotopic (exact) mass is 240 g/mol. The maximum absolute atomic E-state index is 8.98. The summed E-state index contributed by atoms with van der Waals surface area (Å²) in [5, 5.41) is 9.34. The van der Waals surface area contributed by atoms with Gasteiger partial charge in [0.25, 0.3) is 0 Å². The smallest absolute Gasteiger partial charge is 0.0547 e. The van der Waals surface area contributed by atoms with Crippen LogP contribution in [0.25, 0.3) is 0 Å². The molecule has 1 aromatic carbocycles. The van der Waals surface area contributed by atoms with Crippen molar-refractivity contribution >= 4 is 23.5 Å². The minimum absolute atomic E-state index is 0.284. The number of benzene rings is 1. The van der Waals surface area contributed by atoms with E-state index < -0.39 is 0 Å². The molecule has 0 fully saturated rings. The van der Waals surface area contributed by atoms with Crippen LogP contribution in [-0.4, -0.2) is 28.5 Å². The quantitative estimate of drug-likeness (QED) is 0.873. The molecule has 1 aliphatic heterocycles. The van der Waals surface area contributed by atoms with Crippen LogP contribution >= 0.6 is 23.5 Å². The molecule has 0 saturated carbocycles. The van der Waals surface area contributed by atoms with Gasteiger partial charge in [0, 0.05) is 27.6 Å². The molecular weight excluding hydrogens is 224 g/mol. The Hall–Kier alpha value is -0.120. The summed E-state index contributed by atoms with van der Waals surface area (Å²) in [6, 6.07) is 8.68. The topological polar surface area (TPSA) is 20.2 Å². The number of fused-ring (bicyclic) bond motifs is 1. The van der Waals surface area contributed by atoms with Crippen LogP contribution in [0.1, 0.15) is 18.4 Å². The van der Waals surface area contributed by atoms with E-state index in [0.29, 0.717) is 11.2 Å². The second kappa shape index (κ2) is 5.28. The fourth-order valence-corrected chi connectivity index (χ4v) is 4.07. The molecule has 1 aliphatic rings. The van der Waals surface area contributed by atoms with E-state index >= 15 is 0 Å². The molecule has 0 aromatic heterocycles. The molecule has 0 spiro atoms. The summed E-state index contributed by atoms with van der Waals surface area (Å²) in [5.41, 5.74) is 1.50. The van der Waals surface area contributed by atoms with E-state index in [0.717, 1.165) is 5.75 Å². The highest BCUT2D eigenvalue weighted by molar-refractivity contribution is 8.00. The zero-order valence-electron chi connectivity index (χ0n) is 8.85. The van der Waals surface area contributed by atoms with E-state index in [1.54, 1.807) is 0 Å². The van der Waals surface area contributed by atoms with E-state index in [9.17, 15) is 0 Å². The molecule has 1 aromatic rings. The first-order valence-corrected chi connectivity index (χ1v) is 7.29. The van der Waals surface area contributed by atoms with Crippen molar-refractivity contribution in [2.24, 2.45) is 0 Å². The first-order chi connectivity index (χ1) is 7.31. The van der Waals surface area contributed by atoms with Gasteiger partial charge in [-0.1, -0.05) is 25.1 Å². The lowest BCUT2D eigenvalue weighted by Crippen LogP contribution is -2.08. The molecule has 0 amide bonds. The third-order valence-corrected chi connectivity index (χ3v) is 5.20. The number of aliphatic hydroxyl groups is 1. The lowest BCUT2D eigenvalue weighted by Gasteiger charge is -2.13. The SMILES string of the molecule is CC(CO)SCC1CSc2ccccc21. The Morgan fingerprint density at radius 1 is 1.53 bits per heavy atom. The van der Waals surface area contributed by atoms with Gasteiger partial charge < -0.3 is 5.11 Å². The largest absolute Gasteiger partial charge is 0.395 e. The van der Waals surface area contributed by atoms with Gasteiger partial charge in [0.05, 0.1) is 6.61 Å². The van der Waals surface area contributed by atoms with Crippen molar-refractivity contribution in [1.29, 1.82) is 0 Å². The van der Waals surface area contributed by atoms with Gasteiger partial charge in [-0.15, -0.1) is 11.8 Å². The second-order valence-electron chi connectivity index (χ2n) is 3.87. The van der Waals surface area contributed by atoms with E-state index in [1.807, 2.05) is 23.5 Å². The maximum Gasteiger partial charge on any atom is 0.0547 e. The standard InChI is InChI=1S/C12H16OS2/c1-9(6-13)14-7-10-8-15-12-5-3-2-4-11(10)12/h2-5,9-10,13H,6-8H2,1H3. The van der Waals surface area contributed by atoms with Crippen LogP contribution in [0.3, 0.4) is 0 Å². The number of hydrogen-bond donors (Lipinski definition) is 1. The van der Waals surface area contributed by atoms with Crippen molar-refractivity contribution in [2.45, 2.75) is 23.0 Å². The predicted molar refractivity (Wildman–Crippen MR) is 68.9 cm³/mol. The van der Waals surface area contributed by atoms with Crippen LogP contribution < -0.4 is 0 Å². The van der Waals surface area contributed by atoms with Crippen LogP contribution in [0, 0.1) is 0 Å². The van der Waals surface area contributed by atoms with Gasteiger partial charge in [0.2, 0.25) is 0 Å². The average Bonchev–Trinajstić information content (AvgIpc) is 2.69. The third kappa shape index (κ3) is 2.71. The van der Waals surface area contributed by atoms with Gasteiger partial charge in [0.15, 0.2) is 0 Å².